The number of nitrogens with one attached hydrogen (secondary N) is 2. The molecule has 0 bridgehead atoms. The van der Waals surface area contributed by atoms with Crippen LogP contribution >= 0.6 is 36.2 Å². The van der Waals surface area contributed by atoms with Crippen LogP contribution in [0.1, 0.15) is 22.6 Å². The lowest BCUT2D eigenvalue weighted by molar-refractivity contribution is 0.0953. The van der Waals surface area contributed by atoms with E-state index in [2.05, 4.69) is 34.6 Å². The van der Waals surface area contributed by atoms with Gasteiger partial charge in [0.1, 0.15) is 0 Å². The molecule has 2 aromatic rings. The maximum Gasteiger partial charge on any atom is 0.280 e. The normalized spacial score (nSPS) is 10.3. The number of fused-ring (bicyclic) bond motifs is 1. The zero-order valence-electron chi connectivity index (χ0n) is 14.1. The number of aromatic nitrogens is 1. The average molecular weight is 393 g/mol. The SMILES string of the molecule is CN(C)CCCNCCCNC(=O)c1nc2ccccc2s1.Cl.Cl. The number of halogens is 2. The van der Waals surface area contributed by atoms with E-state index in [4.69, 9.17) is 0 Å². The highest BCUT2D eigenvalue weighted by Gasteiger charge is 2.10. The van der Waals surface area contributed by atoms with Gasteiger partial charge in [-0.1, -0.05) is 12.1 Å². The van der Waals surface area contributed by atoms with Crippen LogP contribution in [-0.2, 0) is 0 Å². The fourth-order valence-corrected chi connectivity index (χ4v) is 2.99. The molecule has 0 fully saturated rings. The quantitative estimate of drug-likeness (QED) is 0.644. The van der Waals surface area contributed by atoms with Crippen LogP contribution in [-0.4, -0.2) is 56.1 Å². The van der Waals surface area contributed by atoms with Gasteiger partial charge in [-0.3, -0.25) is 4.79 Å². The molecule has 5 nitrogen and oxygen atoms in total. The number of nitrogens with zero attached hydrogens (tertiary/aromatic N) is 2. The Kier molecular flexibility index (Phi) is 12.0. The van der Waals surface area contributed by atoms with Gasteiger partial charge in [-0.2, -0.15) is 0 Å². The Labute approximate surface area is 160 Å². The molecule has 1 heterocycles. The van der Waals surface area contributed by atoms with Crippen LogP contribution in [0.5, 0.6) is 0 Å². The van der Waals surface area contributed by atoms with Crippen LogP contribution in [0.25, 0.3) is 10.2 Å². The predicted molar refractivity (Wildman–Crippen MR) is 107 cm³/mol. The third kappa shape index (κ3) is 7.77. The Bertz CT molecular complexity index is 574. The summed E-state index contributed by atoms with van der Waals surface area (Å²) >= 11 is 1.44. The molecule has 24 heavy (non-hydrogen) atoms. The average Bonchev–Trinajstić information content (AvgIpc) is 2.93. The summed E-state index contributed by atoms with van der Waals surface area (Å²) in [4.78, 5) is 18.6. The lowest BCUT2D eigenvalue weighted by Gasteiger charge is -2.09. The first kappa shape index (κ1) is 23.1. The zero-order valence-corrected chi connectivity index (χ0v) is 16.5. The Balaban J connectivity index is 0.00000264. The molecule has 8 heteroatoms. The molecule has 0 aliphatic rings. The minimum atomic E-state index is -0.0752. The van der Waals surface area contributed by atoms with Crippen molar-refractivity contribution in [1.29, 1.82) is 0 Å². The number of hydrogen-bond donors (Lipinski definition) is 2. The van der Waals surface area contributed by atoms with Crippen LogP contribution < -0.4 is 10.6 Å². The minimum absolute atomic E-state index is 0. The summed E-state index contributed by atoms with van der Waals surface area (Å²) in [6.07, 6.45) is 2.07. The molecule has 0 aliphatic heterocycles. The van der Waals surface area contributed by atoms with E-state index in [1.54, 1.807) is 0 Å². The van der Waals surface area contributed by atoms with E-state index >= 15 is 0 Å². The summed E-state index contributed by atoms with van der Waals surface area (Å²) in [5.74, 6) is -0.0752. The second-order valence-electron chi connectivity index (χ2n) is 5.50. The van der Waals surface area contributed by atoms with Gasteiger partial charge in [-0.25, -0.2) is 4.98 Å². The molecule has 0 unspecified atom stereocenters. The van der Waals surface area contributed by atoms with Crippen LogP contribution in [0, 0.1) is 0 Å². The van der Waals surface area contributed by atoms with Gasteiger partial charge >= 0.3 is 0 Å². The zero-order chi connectivity index (χ0) is 15.8. The van der Waals surface area contributed by atoms with E-state index in [0.717, 1.165) is 42.7 Å². The van der Waals surface area contributed by atoms with Gasteiger partial charge in [0.05, 0.1) is 10.2 Å². The topological polar surface area (TPSA) is 57.3 Å². The molecule has 0 saturated heterocycles. The van der Waals surface area contributed by atoms with Gasteiger partial charge in [0.2, 0.25) is 0 Å². The molecule has 1 amide bonds. The van der Waals surface area contributed by atoms with Crippen molar-refractivity contribution in [2.45, 2.75) is 12.8 Å². The third-order valence-electron chi connectivity index (χ3n) is 3.26. The maximum absolute atomic E-state index is 12.0. The molecule has 2 N–H and O–H groups in total. The first-order valence-electron chi connectivity index (χ1n) is 7.66. The van der Waals surface area contributed by atoms with Gasteiger partial charge in [0.15, 0.2) is 5.01 Å². The lowest BCUT2D eigenvalue weighted by Crippen LogP contribution is -2.28. The standard InChI is InChI=1S/C16H24N4OS.2ClH/c1-20(2)12-6-10-17-9-5-11-18-15(21)16-19-13-7-3-4-8-14(13)22-16;;/h3-4,7-8,17H,5-6,9-12H2,1-2H3,(H,18,21);2*1H. The highest BCUT2D eigenvalue weighted by Crippen LogP contribution is 2.21. The fourth-order valence-electron chi connectivity index (χ4n) is 2.11. The van der Waals surface area contributed by atoms with Crippen molar-refractivity contribution < 1.29 is 4.79 Å². The molecule has 0 aliphatic carbocycles. The van der Waals surface area contributed by atoms with E-state index in [1.165, 1.54) is 11.3 Å². The van der Waals surface area contributed by atoms with Crippen molar-refractivity contribution >= 4 is 52.3 Å². The van der Waals surface area contributed by atoms with E-state index in [0.29, 0.717) is 11.6 Å². The summed E-state index contributed by atoms with van der Waals surface area (Å²) in [6.45, 7) is 3.72. The molecule has 2 rings (SSSR count). The van der Waals surface area contributed by atoms with Crippen LogP contribution in [0.15, 0.2) is 24.3 Å². The number of benzene rings is 1. The van der Waals surface area contributed by atoms with Crippen molar-refractivity contribution in [2.75, 3.05) is 40.3 Å². The lowest BCUT2D eigenvalue weighted by atomic mass is 10.3. The van der Waals surface area contributed by atoms with Crippen molar-refractivity contribution in [3.05, 3.63) is 29.3 Å². The predicted octanol–water partition coefficient (Wildman–Crippen LogP) is 2.80. The van der Waals surface area contributed by atoms with E-state index in [1.807, 2.05) is 24.3 Å². The fraction of sp³-hybridized carbons (Fsp3) is 0.500. The van der Waals surface area contributed by atoms with Gasteiger partial charge in [-0.15, -0.1) is 36.2 Å². The van der Waals surface area contributed by atoms with Gasteiger partial charge < -0.3 is 15.5 Å². The third-order valence-corrected chi connectivity index (χ3v) is 4.30. The molecular formula is C16H26Cl2N4OS. The Morgan fingerprint density at radius 2 is 1.83 bits per heavy atom. The number of para-hydroxylation sites is 1. The van der Waals surface area contributed by atoms with E-state index < -0.39 is 0 Å². The molecule has 0 atom stereocenters. The molecule has 136 valence electrons. The summed E-state index contributed by atoms with van der Waals surface area (Å²) in [6, 6.07) is 7.82. The maximum atomic E-state index is 12.0. The highest BCUT2D eigenvalue weighted by atomic mass is 35.5. The van der Waals surface area contributed by atoms with Crippen molar-refractivity contribution in [1.82, 2.24) is 20.5 Å². The smallest absolute Gasteiger partial charge is 0.280 e. The van der Waals surface area contributed by atoms with E-state index in [9.17, 15) is 4.79 Å². The van der Waals surface area contributed by atoms with Gasteiger partial charge in [-0.05, 0) is 58.7 Å². The number of carbonyl (C=O) groups is 1. The number of hydrogen-bond acceptors (Lipinski definition) is 5. The molecule has 0 radical (unpaired) electrons. The highest BCUT2D eigenvalue weighted by molar-refractivity contribution is 7.20. The first-order chi connectivity index (χ1) is 10.7. The van der Waals surface area contributed by atoms with Crippen molar-refractivity contribution in [2.24, 2.45) is 0 Å². The first-order valence-corrected chi connectivity index (χ1v) is 8.47. The summed E-state index contributed by atoms with van der Waals surface area (Å²) in [5.41, 5.74) is 0.889. The Morgan fingerprint density at radius 1 is 1.12 bits per heavy atom. The molecule has 1 aromatic heterocycles. The van der Waals surface area contributed by atoms with E-state index in [-0.39, 0.29) is 30.7 Å². The Hall–Kier alpha value is -0.920. The largest absolute Gasteiger partial charge is 0.350 e. The minimum Gasteiger partial charge on any atom is -0.350 e. The van der Waals surface area contributed by atoms with Crippen molar-refractivity contribution in [3.63, 3.8) is 0 Å². The van der Waals surface area contributed by atoms with Crippen LogP contribution in [0.4, 0.5) is 0 Å². The molecular weight excluding hydrogens is 367 g/mol. The van der Waals surface area contributed by atoms with Crippen molar-refractivity contribution in [3.8, 4) is 0 Å². The molecule has 0 spiro atoms. The summed E-state index contributed by atoms with van der Waals surface area (Å²) in [5, 5.41) is 6.86. The summed E-state index contributed by atoms with van der Waals surface area (Å²) < 4.78 is 1.05. The Morgan fingerprint density at radius 3 is 2.54 bits per heavy atom. The number of thiazole rings is 1. The molecule has 0 saturated carbocycles. The number of carbonyl (C=O) groups excluding carboxylic acids is 1. The number of amides is 1. The number of rotatable bonds is 9. The molecule has 1 aromatic carbocycles. The monoisotopic (exact) mass is 392 g/mol. The second kappa shape index (κ2) is 12.4. The second-order valence-corrected chi connectivity index (χ2v) is 6.53. The summed E-state index contributed by atoms with van der Waals surface area (Å²) in [7, 11) is 4.16. The van der Waals surface area contributed by atoms with Crippen LogP contribution in [0.2, 0.25) is 0 Å². The van der Waals surface area contributed by atoms with Gasteiger partial charge in [0.25, 0.3) is 5.91 Å². The van der Waals surface area contributed by atoms with Crippen LogP contribution in [0.3, 0.4) is 0 Å². The van der Waals surface area contributed by atoms with Gasteiger partial charge in [0, 0.05) is 6.54 Å².